The Bertz CT molecular complexity index is 355. The lowest BCUT2D eigenvalue weighted by molar-refractivity contribution is -0.153. The van der Waals surface area contributed by atoms with E-state index in [1.807, 2.05) is 19.0 Å². The van der Waals surface area contributed by atoms with E-state index in [4.69, 9.17) is 0 Å². The molecule has 0 aromatic heterocycles. The number of nitrogens with one attached hydrogen (secondary N) is 2. The number of hydrogen-bond acceptors (Lipinski definition) is 3. The maximum Gasteiger partial charge on any atom is 0.315 e. The van der Waals surface area contributed by atoms with Gasteiger partial charge < -0.3 is 20.6 Å². The Morgan fingerprint density at radius 2 is 1.90 bits per heavy atom. The molecule has 21 heavy (non-hydrogen) atoms. The van der Waals surface area contributed by atoms with Gasteiger partial charge >= 0.3 is 12.0 Å². The average molecular weight is 299 g/mol. The van der Waals surface area contributed by atoms with Crippen molar-refractivity contribution in [3.05, 3.63) is 0 Å². The molecule has 0 aromatic rings. The van der Waals surface area contributed by atoms with Crippen LogP contribution in [-0.2, 0) is 4.79 Å². The summed E-state index contributed by atoms with van der Waals surface area (Å²) in [5.41, 5.74) is -0.744. The third kappa shape index (κ3) is 5.53. The Labute approximate surface area is 127 Å². The molecule has 3 N–H and O–H groups in total. The number of hydrogen-bond donors (Lipinski definition) is 3. The van der Waals surface area contributed by atoms with Crippen molar-refractivity contribution in [2.75, 3.05) is 27.2 Å². The second kappa shape index (κ2) is 7.64. The first-order chi connectivity index (χ1) is 9.75. The van der Waals surface area contributed by atoms with Gasteiger partial charge in [0.05, 0.1) is 5.41 Å². The molecule has 6 nitrogen and oxygen atoms in total. The van der Waals surface area contributed by atoms with E-state index in [9.17, 15) is 14.7 Å². The minimum absolute atomic E-state index is 0.0715. The average Bonchev–Trinajstić information content (AvgIpc) is 2.24. The number of likely N-dealkylation sites (N-methyl/N-ethyl adjacent to an activating group) is 1. The number of urea groups is 1. The van der Waals surface area contributed by atoms with Crippen molar-refractivity contribution >= 4 is 12.0 Å². The van der Waals surface area contributed by atoms with Crippen molar-refractivity contribution in [3.63, 3.8) is 0 Å². The minimum Gasteiger partial charge on any atom is -0.481 e. The fourth-order valence-electron chi connectivity index (χ4n) is 2.74. The van der Waals surface area contributed by atoms with Crippen LogP contribution in [0.5, 0.6) is 0 Å². The molecule has 1 aliphatic rings. The maximum absolute atomic E-state index is 12.0. The number of rotatable bonds is 8. The molecule has 6 heteroatoms. The standard InChI is InChI=1S/C15H29N3O3/c1-11(2)8-12(9-18(3)4)17-14(21)16-10-15(13(19)20)6-5-7-15/h11-12H,5-10H2,1-4H3,(H,19,20)(H2,16,17,21). The van der Waals surface area contributed by atoms with E-state index < -0.39 is 11.4 Å². The zero-order chi connectivity index (χ0) is 16.0. The van der Waals surface area contributed by atoms with E-state index in [2.05, 4.69) is 24.5 Å². The highest BCUT2D eigenvalue weighted by Crippen LogP contribution is 2.40. The van der Waals surface area contributed by atoms with E-state index in [0.29, 0.717) is 18.8 Å². The van der Waals surface area contributed by atoms with Crippen molar-refractivity contribution in [1.29, 1.82) is 0 Å². The largest absolute Gasteiger partial charge is 0.481 e. The second-order valence-electron chi connectivity index (χ2n) is 6.85. The van der Waals surface area contributed by atoms with E-state index in [1.165, 1.54) is 0 Å². The summed E-state index contributed by atoms with van der Waals surface area (Å²) >= 11 is 0. The predicted octanol–water partition coefficient (Wildman–Crippen LogP) is 1.52. The van der Waals surface area contributed by atoms with E-state index in [1.54, 1.807) is 0 Å². The predicted molar refractivity (Wildman–Crippen MR) is 82.3 cm³/mol. The van der Waals surface area contributed by atoms with Crippen LogP contribution in [0.25, 0.3) is 0 Å². The molecule has 1 atom stereocenters. The molecule has 2 amide bonds. The van der Waals surface area contributed by atoms with Gasteiger partial charge in [-0.25, -0.2) is 4.79 Å². The van der Waals surface area contributed by atoms with Gasteiger partial charge in [-0.15, -0.1) is 0 Å². The van der Waals surface area contributed by atoms with Gasteiger partial charge in [-0.1, -0.05) is 20.3 Å². The fraction of sp³-hybridized carbons (Fsp3) is 0.867. The molecule has 1 unspecified atom stereocenters. The number of carbonyl (C=O) groups is 2. The molecule has 0 aliphatic heterocycles. The zero-order valence-corrected chi connectivity index (χ0v) is 13.6. The summed E-state index contributed by atoms with van der Waals surface area (Å²) in [5.74, 6) is -0.312. The highest BCUT2D eigenvalue weighted by Gasteiger charge is 2.44. The van der Waals surface area contributed by atoms with Gasteiger partial charge in [-0.2, -0.15) is 0 Å². The van der Waals surface area contributed by atoms with Gasteiger partial charge in [0.15, 0.2) is 0 Å². The Kier molecular flexibility index (Phi) is 6.45. The molecule has 1 aliphatic carbocycles. The highest BCUT2D eigenvalue weighted by molar-refractivity contribution is 5.79. The van der Waals surface area contributed by atoms with Crippen LogP contribution >= 0.6 is 0 Å². The topological polar surface area (TPSA) is 81.7 Å². The molecule has 0 radical (unpaired) electrons. The third-order valence-electron chi connectivity index (χ3n) is 4.03. The molecule has 1 saturated carbocycles. The van der Waals surface area contributed by atoms with Crippen molar-refractivity contribution in [2.45, 2.75) is 45.6 Å². The Morgan fingerprint density at radius 1 is 1.29 bits per heavy atom. The summed E-state index contributed by atoms with van der Waals surface area (Å²) in [5, 5.41) is 14.9. The number of amides is 2. The Morgan fingerprint density at radius 3 is 2.29 bits per heavy atom. The van der Waals surface area contributed by atoms with Gasteiger partial charge in [-0.3, -0.25) is 4.79 Å². The van der Waals surface area contributed by atoms with E-state index >= 15 is 0 Å². The number of carboxylic acids is 1. The molecule has 0 saturated heterocycles. The lowest BCUT2D eigenvalue weighted by Gasteiger charge is -2.37. The Balaban J connectivity index is 2.44. The molecule has 0 aromatic carbocycles. The molecule has 0 heterocycles. The number of carbonyl (C=O) groups excluding carboxylic acids is 1. The van der Waals surface area contributed by atoms with Gasteiger partial charge in [0.1, 0.15) is 0 Å². The van der Waals surface area contributed by atoms with Crippen LogP contribution < -0.4 is 10.6 Å². The summed E-state index contributed by atoms with van der Waals surface area (Å²) in [4.78, 5) is 25.3. The molecule has 122 valence electrons. The van der Waals surface area contributed by atoms with E-state index in [0.717, 1.165) is 19.4 Å². The lowest BCUT2D eigenvalue weighted by atomic mass is 9.69. The zero-order valence-electron chi connectivity index (χ0n) is 13.6. The molecular formula is C15H29N3O3. The molecule has 1 rings (SSSR count). The molecule has 0 spiro atoms. The summed E-state index contributed by atoms with van der Waals surface area (Å²) in [6, 6.07) is -0.197. The van der Waals surface area contributed by atoms with Gasteiger partial charge in [-0.05, 0) is 39.3 Å². The van der Waals surface area contributed by atoms with Crippen LogP contribution in [-0.4, -0.2) is 55.2 Å². The summed E-state index contributed by atoms with van der Waals surface area (Å²) < 4.78 is 0. The number of carboxylic acid groups (broad SMARTS) is 1. The highest BCUT2D eigenvalue weighted by atomic mass is 16.4. The molecule has 0 bridgehead atoms. The van der Waals surface area contributed by atoms with Crippen molar-refractivity contribution in [2.24, 2.45) is 11.3 Å². The first kappa shape index (κ1) is 17.8. The minimum atomic E-state index is -0.805. The van der Waals surface area contributed by atoms with Crippen molar-refractivity contribution in [3.8, 4) is 0 Å². The summed E-state index contributed by atoms with van der Waals surface area (Å²) in [6.07, 6.45) is 3.12. The van der Waals surface area contributed by atoms with Crippen LogP contribution in [0.2, 0.25) is 0 Å². The van der Waals surface area contributed by atoms with Gasteiger partial charge in [0, 0.05) is 19.1 Å². The lowest BCUT2D eigenvalue weighted by Crippen LogP contribution is -2.52. The van der Waals surface area contributed by atoms with Crippen LogP contribution in [0.15, 0.2) is 0 Å². The molecule has 1 fully saturated rings. The van der Waals surface area contributed by atoms with Crippen LogP contribution in [0, 0.1) is 11.3 Å². The first-order valence-corrected chi connectivity index (χ1v) is 7.67. The molecular weight excluding hydrogens is 270 g/mol. The maximum atomic E-state index is 12.0. The smallest absolute Gasteiger partial charge is 0.315 e. The van der Waals surface area contributed by atoms with Gasteiger partial charge in [0.25, 0.3) is 0 Å². The Hall–Kier alpha value is -1.30. The number of aliphatic carboxylic acids is 1. The van der Waals surface area contributed by atoms with Crippen LogP contribution in [0.4, 0.5) is 4.79 Å². The number of nitrogens with zero attached hydrogens (tertiary/aromatic N) is 1. The third-order valence-corrected chi connectivity index (χ3v) is 4.03. The monoisotopic (exact) mass is 299 g/mol. The summed E-state index contributed by atoms with van der Waals surface area (Å²) in [6.45, 7) is 5.23. The quantitative estimate of drug-likeness (QED) is 0.634. The normalized spacial score (nSPS) is 18.2. The first-order valence-electron chi connectivity index (χ1n) is 7.67. The van der Waals surface area contributed by atoms with Crippen molar-refractivity contribution < 1.29 is 14.7 Å². The van der Waals surface area contributed by atoms with Crippen molar-refractivity contribution in [1.82, 2.24) is 15.5 Å². The van der Waals surface area contributed by atoms with Crippen LogP contribution in [0.3, 0.4) is 0 Å². The van der Waals surface area contributed by atoms with Gasteiger partial charge in [0.2, 0.25) is 0 Å². The SMILES string of the molecule is CC(C)CC(CN(C)C)NC(=O)NCC1(C(=O)O)CCC1. The van der Waals surface area contributed by atoms with E-state index in [-0.39, 0.29) is 18.6 Å². The fourth-order valence-corrected chi connectivity index (χ4v) is 2.74. The second-order valence-corrected chi connectivity index (χ2v) is 6.85. The van der Waals surface area contributed by atoms with Crippen LogP contribution in [0.1, 0.15) is 39.5 Å². The summed E-state index contributed by atoms with van der Waals surface area (Å²) in [7, 11) is 3.95.